The molecule has 1 aliphatic heterocycles. The summed E-state index contributed by atoms with van der Waals surface area (Å²) in [5.41, 5.74) is 2.34. The molecule has 1 amide bonds. The minimum absolute atomic E-state index is 0.0422. The average Bonchev–Trinajstić information content (AvgIpc) is 3.46. The second kappa shape index (κ2) is 8.71. The van der Waals surface area contributed by atoms with Crippen LogP contribution in [-0.4, -0.2) is 54.5 Å². The molecule has 0 spiro atoms. The normalized spacial score (nSPS) is 16.8. The first-order valence-corrected chi connectivity index (χ1v) is 11.9. The summed E-state index contributed by atoms with van der Waals surface area (Å²) in [6.45, 7) is 1.46. The number of benzene rings is 1. The largest absolute Gasteiger partial charge is 0.491 e. The van der Waals surface area contributed by atoms with Crippen molar-refractivity contribution in [3.63, 3.8) is 0 Å². The van der Waals surface area contributed by atoms with Gasteiger partial charge < -0.3 is 13.9 Å². The topological polar surface area (TPSA) is 91.0 Å². The van der Waals surface area contributed by atoms with Crippen LogP contribution in [0.1, 0.15) is 47.8 Å². The molecular formula is C25H22F3N7O2. The number of carbonyl (C=O) groups is 1. The number of ether oxygens (including phenoxy) is 1. The number of alkyl halides is 3. The van der Waals surface area contributed by atoms with E-state index in [9.17, 15) is 18.0 Å². The fourth-order valence-electron chi connectivity index (χ4n) is 4.32. The number of aromatic nitrogens is 6. The maximum Gasteiger partial charge on any atom is 0.408 e. The van der Waals surface area contributed by atoms with Gasteiger partial charge in [0.2, 0.25) is 0 Å². The standard InChI is InChI=1S/C25H22F3N7O2/c1-15(25(26,27)28)35-14-30-32-23(35)19-3-2-4-22(31-19)34-9-10-37-21-8-7-17(11-18(21)24(34)36)33-12-20(29-13-33)16-5-6-16/h2-4,7-8,11-16H,5-6,9-10H2,1H3. The molecule has 6 rings (SSSR count). The molecule has 1 atom stereocenters. The predicted octanol–water partition coefficient (Wildman–Crippen LogP) is 4.57. The summed E-state index contributed by atoms with van der Waals surface area (Å²) in [6, 6.07) is 8.32. The molecule has 9 nitrogen and oxygen atoms in total. The van der Waals surface area contributed by atoms with Crippen molar-refractivity contribution in [3.05, 3.63) is 66.5 Å². The monoisotopic (exact) mass is 509 g/mol. The van der Waals surface area contributed by atoms with E-state index in [-0.39, 0.29) is 36.4 Å². The summed E-state index contributed by atoms with van der Waals surface area (Å²) < 4.78 is 48.7. The number of hydrogen-bond donors (Lipinski definition) is 0. The zero-order valence-electron chi connectivity index (χ0n) is 19.8. The van der Waals surface area contributed by atoms with Gasteiger partial charge in [-0.25, -0.2) is 9.97 Å². The van der Waals surface area contributed by atoms with E-state index in [1.807, 2.05) is 16.8 Å². The Morgan fingerprint density at radius 1 is 1.14 bits per heavy atom. The number of carbonyl (C=O) groups excluding carboxylic acids is 1. The second-order valence-corrected chi connectivity index (χ2v) is 9.13. The number of halogens is 3. The van der Waals surface area contributed by atoms with Gasteiger partial charge in [-0.15, -0.1) is 10.2 Å². The summed E-state index contributed by atoms with van der Waals surface area (Å²) in [6.07, 6.45) is 2.53. The third-order valence-electron chi connectivity index (χ3n) is 6.61. The van der Waals surface area contributed by atoms with Gasteiger partial charge in [0, 0.05) is 17.8 Å². The van der Waals surface area contributed by atoms with Crippen molar-refractivity contribution in [2.75, 3.05) is 18.1 Å². The molecule has 1 unspecified atom stereocenters. The summed E-state index contributed by atoms with van der Waals surface area (Å²) >= 11 is 0. The lowest BCUT2D eigenvalue weighted by Gasteiger charge is -2.21. The van der Waals surface area contributed by atoms with Crippen LogP contribution in [0.25, 0.3) is 17.2 Å². The lowest BCUT2D eigenvalue weighted by Crippen LogP contribution is -2.33. The first-order chi connectivity index (χ1) is 17.8. The van der Waals surface area contributed by atoms with Crippen LogP contribution in [0.2, 0.25) is 0 Å². The Hall–Kier alpha value is -4.22. The Morgan fingerprint density at radius 2 is 1.97 bits per heavy atom. The number of hydrogen-bond acceptors (Lipinski definition) is 6. The number of nitrogens with zero attached hydrogens (tertiary/aromatic N) is 7. The lowest BCUT2D eigenvalue weighted by molar-refractivity contribution is -0.162. The highest BCUT2D eigenvalue weighted by atomic mass is 19.4. The fourth-order valence-corrected chi connectivity index (χ4v) is 4.32. The first-order valence-electron chi connectivity index (χ1n) is 11.9. The molecule has 1 aromatic carbocycles. The third-order valence-corrected chi connectivity index (χ3v) is 6.61. The van der Waals surface area contributed by atoms with Crippen LogP contribution >= 0.6 is 0 Å². The van der Waals surface area contributed by atoms with Gasteiger partial charge in [-0.1, -0.05) is 6.07 Å². The highest BCUT2D eigenvalue weighted by Crippen LogP contribution is 2.39. The molecular weight excluding hydrogens is 487 g/mol. The van der Waals surface area contributed by atoms with Gasteiger partial charge in [-0.05, 0) is 50.1 Å². The van der Waals surface area contributed by atoms with Crippen LogP contribution in [0.5, 0.6) is 5.75 Å². The summed E-state index contributed by atoms with van der Waals surface area (Å²) in [5, 5.41) is 7.51. The smallest absolute Gasteiger partial charge is 0.408 e. The molecule has 12 heteroatoms. The Bertz CT molecular complexity index is 1470. The first kappa shape index (κ1) is 23.2. The molecule has 1 fully saturated rings. The van der Waals surface area contributed by atoms with E-state index >= 15 is 0 Å². The predicted molar refractivity (Wildman–Crippen MR) is 127 cm³/mol. The van der Waals surface area contributed by atoms with Gasteiger partial charge in [0.15, 0.2) is 5.82 Å². The number of amides is 1. The number of rotatable bonds is 5. The molecule has 0 bridgehead atoms. The Kier molecular flexibility index (Phi) is 5.46. The van der Waals surface area contributed by atoms with Crippen molar-refractivity contribution in [1.82, 2.24) is 29.3 Å². The Morgan fingerprint density at radius 3 is 2.76 bits per heavy atom. The van der Waals surface area contributed by atoms with Crippen LogP contribution in [0.15, 0.2) is 55.2 Å². The summed E-state index contributed by atoms with van der Waals surface area (Å²) in [5.74, 6) is 0.864. The van der Waals surface area contributed by atoms with Crippen molar-refractivity contribution in [2.24, 2.45) is 0 Å². The number of pyridine rings is 1. The van der Waals surface area contributed by atoms with Crippen molar-refractivity contribution >= 4 is 11.7 Å². The van der Waals surface area contributed by atoms with Crippen LogP contribution in [0.3, 0.4) is 0 Å². The number of fused-ring (bicyclic) bond motifs is 1. The molecule has 2 aliphatic rings. The van der Waals surface area contributed by atoms with E-state index in [1.54, 1.807) is 30.6 Å². The van der Waals surface area contributed by atoms with Crippen LogP contribution in [0.4, 0.5) is 19.0 Å². The van der Waals surface area contributed by atoms with E-state index in [2.05, 4.69) is 20.2 Å². The van der Waals surface area contributed by atoms with Gasteiger partial charge in [0.25, 0.3) is 5.91 Å². The molecule has 0 radical (unpaired) electrons. The molecule has 0 saturated heterocycles. The van der Waals surface area contributed by atoms with Gasteiger partial charge in [0.1, 0.15) is 36.2 Å². The van der Waals surface area contributed by atoms with Gasteiger partial charge >= 0.3 is 6.18 Å². The highest BCUT2D eigenvalue weighted by molar-refractivity contribution is 6.08. The molecule has 3 aromatic heterocycles. The zero-order valence-corrected chi connectivity index (χ0v) is 19.8. The van der Waals surface area contributed by atoms with Crippen LogP contribution in [0, 0.1) is 0 Å². The average molecular weight is 509 g/mol. The van der Waals surface area contributed by atoms with Crippen molar-refractivity contribution in [3.8, 4) is 23.0 Å². The number of anilines is 1. The maximum absolute atomic E-state index is 13.6. The summed E-state index contributed by atoms with van der Waals surface area (Å²) in [7, 11) is 0. The van der Waals surface area contributed by atoms with E-state index < -0.39 is 12.2 Å². The fraction of sp³-hybridized carbons (Fsp3) is 0.320. The SMILES string of the molecule is CC(n1cnnc1-c1cccc(N2CCOc3ccc(-n4cnc(C5CC5)c4)cc3C2=O)n1)C(F)(F)F. The summed E-state index contributed by atoms with van der Waals surface area (Å²) in [4.78, 5) is 24.1. The van der Waals surface area contributed by atoms with Crippen LogP contribution in [-0.2, 0) is 0 Å². The minimum atomic E-state index is -4.48. The third kappa shape index (κ3) is 4.32. The van der Waals surface area contributed by atoms with Gasteiger partial charge in [-0.3, -0.25) is 9.69 Å². The van der Waals surface area contributed by atoms with Crippen molar-refractivity contribution in [1.29, 1.82) is 0 Å². The van der Waals surface area contributed by atoms with Crippen molar-refractivity contribution < 1.29 is 22.7 Å². The van der Waals surface area contributed by atoms with Crippen LogP contribution < -0.4 is 9.64 Å². The quantitative estimate of drug-likeness (QED) is 0.392. The Balaban J connectivity index is 1.33. The van der Waals surface area contributed by atoms with Crippen molar-refractivity contribution in [2.45, 2.75) is 37.9 Å². The molecule has 4 aromatic rings. The molecule has 1 aliphatic carbocycles. The molecule has 37 heavy (non-hydrogen) atoms. The molecule has 1 saturated carbocycles. The molecule has 0 N–H and O–H groups in total. The minimum Gasteiger partial charge on any atom is -0.491 e. The number of imidazole rings is 1. The van der Waals surface area contributed by atoms with E-state index in [0.29, 0.717) is 17.2 Å². The molecule has 4 heterocycles. The van der Waals surface area contributed by atoms with E-state index in [1.165, 1.54) is 11.0 Å². The lowest BCUT2D eigenvalue weighted by atomic mass is 10.1. The Labute approximate surface area is 209 Å². The molecule has 190 valence electrons. The van der Waals surface area contributed by atoms with Gasteiger partial charge in [-0.2, -0.15) is 13.2 Å². The van der Waals surface area contributed by atoms with E-state index in [0.717, 1.165) is 42.0 Å². The highest BCUT2D eigenvalue weighted by Gasteiger charge is 2.39. The second-order valence-electron chi connectivity index (χ2n) is 9.13. The van der Waals surface area contributed by atoms with E-state index in [4.69, 9.17) is 4.74 Å². The maximum atomic E-state index is 13.6. The van der Waals surface area contributed by atoms with Gasteiger partial charge in [0.05, 0.1) is 24.1 Å². The zero-order chi connectivity index (χ0) is 25.7.